The molecule has 0 spiro atoms. The first-order chi connectivity index (χ1) is 9.38. The van der Waals surface area contributed by atoms with Crippen LogP contribution in [0, 0.1) is 0 Å². The second-order valence-electron chi connectivity index (χ2n) is 6.00. The molecule has 2 aliphatic carbocycles. The minimum atomic E-state index is 0.596. The number of hydrogen-bond donors (Lipinski definition) is 1. The predicted molar refractivity (Wildman–Crippen MR) is 78.7 cm³/mol. The molecule has 3 nitrogen and oxygen atoms in total. The van der Waals surface area contributed by atoms with E-state index in [-0.39, 0.29) is 0 Å². The summed E-state index contributed by atoms with van der Waals surface area (Å²) in [7, 11) is 1.99. The second kappa shape index (κ2) is 5.89. The molecule has 1 N–H and O–H groups in total. The van der Waals surface area contributed by atoms with Crippen molar-refractivity contribution in [2.75, 3.05) is 12.4 Å². The van der Waals surface area contributed by atoms with Gasteiger partial charge in [-0.1, -0.05) is 32.1 Å². The molecule has 104 valence electrons. The molecule has 0 amide bonds. The molecule has 0 bridgehead atoms. The van der Waals surface area contributed by atoms with Crippen molar-refractivity contribution in [3.05, 3.63) is 17.1 Å². The number of nitrogens with one attached hydrogen (secondary N) is 1. The molecule has 1 aromatic heterocycles. The average Bonchev–Trinajstić information content (AvgIpc) is 2.85. The van der Waals surface area contributed by atoms with Crippen molar-refractivity contribution in [2.45, 2.75) is 70.1 Å². The van der Waals surface area contributed by atoms with Crippen LogP contribution in [0.1, 0.15) is 74.4 Å². The molecule has 0 atom stereocenters. The van der Waals surface area contributed by atoms with E-state index in [1.54, 1.807) is 0 Å². The normalized spacial score (nSPS) is 20.7. The summed E-state index contributed by atoms with van der Waals surface area (Å²) >= 11 is 0. The largest absolute Gasteiger partial charge is 0.373 e. The van der Waals surface area contributed by atoms with E-state index in [0.717, 1.165) is 24.5 Å². The number of hydrogen-bond acceptors (Lipinski definition) is 3. The van der Waals surface area contributed by atoms with E-state index in [2.05, 4.69) is 5.32 Å². The minimum Gasteiger partial charge on any atom is -0.373 e. The molecule has 1 fully saturated rings. The monoisotopic (exact) mass is 259 g/mol. The summed E-state index contributed by atoms with van der Waals surface area (Å²) in [6.45, 7) is 0. The van der Waals surface area contributed by atoms with Crippen LogP contribution in [0.25, 0.3) is 0 Å². The second-order valence-corrected chi connectivity index (χ2v) is 6.00. The van der Waals surface area contributed by atoms with Crippen LogP contribution in [0.2, 0.25) is 0 Å². The fourth-order valence-corrected chi connectivity index (χ4v) is 3.56. The Bertz CT molecular complexity index is 434. The van der Waals surface area contributed by atoms with Gasteiger partial charge in [-0.3, -0.25) is 0 Å². The number of aryl methyl sites for hydroxylation is 1. The van der Waals surface area contributed by atoms with Crippen molar-refractivity contribution >= 4 is 5.82 Å². The first kappa shape index (κ1) is 12.9. The van der Waals surface area contributed by atoms with Gasteiger partial charge in [-0.2, -0.15) is 0 Å². The van der Waals surface area contributed by atoms with E-state index < -0.39 is 0 Å². The van der Waals surface area contributed by atoms with Crippen LogP contribution in [0.3, 0.4) is 0 Å². The highest BCUT2D eigenvalue weighted by atomic mass is 15.0. The van der Waals surface area contributed by atoms with Gasteiger partial charge in [0, 0.05) is 24.2 Å². The molecule has 0 aromatic carbocycles. The van der Waals surface area contributed by atoms with E-state index in [1.165, 1.54) is 62.6 Å². The Labute approximate surface area is 116 Å². The van der Waals surface area contributed by atoms with Crippen LogP contribution in [0.4, 0.5) is 5.82 Å². The summed E-state index contributed by atoms with van der Waals surface area (Å²) < 4.78 is 0. The smallest absolute Gasteiger partial charge is 0.134 e. The third kappa shape index (κ3) is 2.75. The Morgan fingerprint density at radius 3 is 2.37 bits per heavy atom. The lowest BCUT2D eigenvalue weighted by atomic mass is 9.90. The quantitative estimate of drug-likeness (QED) is 0.877. The summed E-state index contributed by atoms with van der Waals surface area (Å²) in [6.07, 6.45) is 13.0. The van der Waals surface area contributed by atoms with Gasteiger partial charge in [-0.25, -0.2) is 9.97 Å². The van der Waals surface area contributed by atoms with Gasteiger partial charge in [0.2, 0.25) is 0 Å². The van der Waals surface area contributed by atoms with Gasteiger partial charge >= 0.3 is 0 Å². The SMILES string of the molecule is CNc1nc(C2CCCCCCC2)nc2c1CCC2. The molecule has 0 unspecified atom stereocenters. The Balaban J connectivity index is 1.86. The number of nitrogens with zero attached hydrogens (tertiary/aromatic N) is 2. The molecule has 0 aliphatic heterocycles. The third-order valence-electron chi connectivity index (χ3n) is 4.66. The molecular weight excluding hydrogens is 234 g/mol. The molecule has 3 rings (SSSR count). The maximum absolute atomic E-state index is 4.91. The fourth-order valence-electron chi connectivity index (χ4n) is 3.56. The van der Waals surface area contributed by atoms with Gasteiger partial charge in [-0.05, 0) is 32.1 Å². The number of aromatic nitrogens is 2. The summed E-state index contributed by atoms with van der Waals surface area (Å²) in [6, 6.07) is 0. The Hall–Kier alpha value is -1.12. The molecule has 0 saturated heterocycles. The topological polar surface area (TPSA) is 37.8 Å². The summed E-state index contributed by atoms with van der Waals surface area (Å²) in [5.41, 5.74) is 2.69. The van der Waals surface area contributed by atoms with E-state index in [9.17, 15) is 0 Å². The molecule has 19 heavy (non-hydrogen) atoms. The fraction of sp³-hybridized carbons (Fsp3) is 0.750. The van der Waals surface area contributed by atoms with Crippen molar-refractivity contribution < 1.29 is 0 Å². The number of anilines is 1. The summed E-state index contributed by atoms with van der Waals surface area (Å²) in [4.78, 5) is 9.74. The Morgan fingerprint density at radius 1 is 0.895 bits per heavy atom. The molecule has 1 heterocycles. The summed E-state index contributed by atoms with van der Waals surface area (Å²) in [5.74, 6) is 2.81. The lowest BCUT2D eigenvalue weighted by Gasteiger charge is -2.20. The minimum absolute atomic E-state index is 0.596. The molecule has 1 saturated carbocycles. The maximum atomic E-state index is 4.91. The van der Waals surface area contributed by atoms with Gasteiger partial charge in [0.25, 0.3) is 0 Å². The Morgan fingerprint density at radius 2 is 1.63 bits per heavy atom. The van der Waals surface area contributed by atoms with Gasteiger partial charge in [0.1, 0.15) is 11.6 Å². The highest BCUT2D eigenvalue weighted by Crippen LogP contribution is 2.32. The highest BCUT2D eigenvalue weighted by Gasteiger charge is 2.22. The van der Waals surface area contributed by atoms with Crippen LogP contribution in [0.15, 0.2) is 0 Å². The molecule has 2 aliphatic rings. The van der Waals surface area contributed by atoms with E-state index in [1.807, 2.05) is 7.05 Å². The standard InChI is InChI=1S/C16H25N3/c1-17-16-13-10-7-11-14(13)18-15(19-16)12-8-5-3-2-4-6-9-12/h12H,2-11H2,1H3,(H,17,18,19). The van der Waals surface area contributed by atoms with Crippen molar-refractivity contribution in [1.29, 1.82) is 0 Å². The van der Waals surface area contributed by atoms with Gasteiger partial charge in [-0.15, -0.1) is 0 Å². The maximum Gasteiger partial charge on any atom is 0.134 e. The van der Waals surface area contributed by atoms with E-state index in [0.29, 0.717) is 5.92 Å². The van der Waals surface area contributed by atoms with Crippen LogP contribution in [-0.2, 0) is 12.8 Å². The van der Waals surface area contributed by atoms with Crippen molar-refractivity contribution in [3.63, 3.8) is 0 Å². The van der Waals surface area contributed by atoms with Gasteiger partial charge < -0.3 is 5.32 Å². The molecule has 3 heteroatoms. The van der Waals surface area contributed by atoms with Crippen LogP contribution in [0.5, 0.6) is 0 Å². The first-order valence-electron chi connectivity index (χ1n) is 7.96. The van der Waals surface area contributed by atoms with Crippen LogP contribution < -0.4 is 5.32 Å². The number of rotatable bonds is 2. The zero-order valence-electron chi connectivity index (χ0n) is 12.0. The van der Waals surface area contributed by atoms with Crippen LogP contribution >= 0.6 is 0 Å². The lowest BCUT2D eigenvalue weighted by molar-refractivity contribution is 0.442. The zero-order chi connectivity index (χ0) is 13.1. The molecule has 0 radical (unpaired) electrons. The predicted octanol–water partition coefficient (Wildman–Crippen LogP) is 3.83. The van der Waals surface area contributed by atoms with Crippen LogP contribution in [-0.4, -0.2) is 17.0 Å². The third-order valence-corrected chi connectivity index (χ3v) is 4.66. The van der Waals surface area contributed by atoms with E-state index >= 15 is 0 Å². The summed E-state index contributed by atoms with van der Waals surface area (Å²) in [5, 5.41) is 3.28. The number of fused-ring (bicyclic) bond motifs is 1. The Kier molecular flexibility index (Phi) is 4.00. The molecular formula is C16H25N3. The first-order valence-corrected chi connectivity index (χ1v) is 7.96. The molecule has 1 aromatic rings. The highest BCUT2D eigenvalue weighted by molar-refractivity contribution is 5.48. The van der Waals surface area contributed by atoms with Crippen molar-refractivity contribution in [1.82, 2.24) is 9.97 Å². The van der Waals surface area contributed by atoms with Gasteiger partial charge in [0.05, 0.1) is 0 Å². The van der Waals surface area contributed by atoms with Gasteiger partial charge in [0.15, 0.2) is 0 Å². The zero-order valence-corrected chi connectivity index (χ0v) is 12.0. The van der Waals surface area contributed by atoms with E-state index in [4.69, 9.17) is 9.97 Å². The van der Waals surface area contributed by atoms with Crippen molar-refractivity contribution in [2.24, 2.45) is 0 Å². The average molecular weight is 259 g/mol. The van der Waals surface area contributed by atoms with Crippen molar-refractivity contribution in [3.8, 4) is 0 Å². The lowest BCUT2D eigenvalue weighted by Crippen LogP contribution is -2.11.